The molecular weight excluding hydrogens is 508 g/mol. The van der Waals surface area contributed by atoms with E-state index in [0.29, 0.717) is 17.8 Å². The Morgan fingerprint density at radius 3 is 2.26 bits per heavy atom. The van der Waals surface area contributed by atoms with E-state index in [4.69, 9.17) is 4.98 Å². The molecular formula is C40H34N2. The molecule has 8 rings (SSSR count). The van der Waals surface area contributed by atoms with Gasteiger partial charge >= 0.3 is 0 Å². The maximum Gasteiger partial charge on any atom is 0.0703 e. The van der Waals surface area contributed by atoms with Crippen LogP contribution in [0.2, 0.25) is 0 Å². The van der Waals surface area contributed by atoms with Crippen molar-refractivity contribution in [3.05, 3.63) is 150 Å². The van der Waals surface area contributed by atoms with Crippen LogP contribution in [0.4, 0.5) is 0 Å². The maximum absolute atomic E-state index is 4.83. The molecule has 0 bridgehead atoms. The van der Waals surface area contributed by atoms with Gasteiger partial charge in [0.1, 0.15) is 0 Å². The topological polar surface area (TPSA) is 25.8 Å². The van der Waals surface area contributed by atoms with Gasteiger partial charge in [-0.1, -0.05) is 91.0 Å². The van der Waals surface area contributed by atoms with E-state index in [2.05, 4.69) is 102 Å². The van der Waals surface area contributed by atoms with Crippen molar-refractivity contribution >= 4 is 16.3 Å². The highest BCUT2D eigenvalue weighted by Gasteiger charge is 2.39. The lowest BCUT2D eigenvalue weighted by Crippen LogP contribution is -2.29. The Bertz CT molecular complexity index is 1860. The summed E-state index contributed by atoms with van der Waals surface area (Å²) in [6.45, 7) is 0. The predicted molar refractivity (Wildman–Crippen MR) is 174 cm³/mol. The molecule has 0 spiro atoms. The minimum absolute atomic E-state index is 0.552. The molecule has 42 heavy (non-hydrogen) atoms. The van der Waals surface area contributed by atoms with Crippen LogP contribution in [0.5, 0.6) is 0 Å². The highest BCUT2D eigenvalue weighted by molar-refractivity contribution is 6.05. The van der Waals surface area contributed by atoms with Gasteiger partial charge in [0.25, 0.3) is 0 Å². The van der Waals surface area contributed by atoms with Gasteiger partial charge in [-0.2, -0.15) is 0 Å². The molecule has 3 aliphatic rings. The molecule has 0 amide bonds. The van der Waals surface area contributed by atoms with Crippen molar-refractivity contribution in [3.63, 3.8) is 0 Å². The summed E-state index contributed by atoms with van der Waals surface area (Å²) in [5.41, 5.74) is 11.7. The van der Waals surface area contributed by atoms with Crippen molar-refractivity contribution in [1.29, 1.82) is 0 Å². The van der Waals surface area contributed by atoms with Gasteiger partial charge in [-0.15, -0.1) is 0 Å². The second-order valence-corrected chi connectivity index (χ2v) is 11.9. The first kappa shape index (κ1) is 25.2. The van der Waals surface area contributed by atoms with E-state index in [0.717, 1.165) is 16.8 Å². The van der Waals surface area contributed by atoms with Crippen LogP contribution in [0.1, 0.15) is 54.7 Å². The van der Waals surface area contributed by atoms with Crippen LogP contribution in [0.15, 0.2) is 133 Å². The summed E-state index contributed by atoms with van der Waals surface area (Å²) < 4.78 is 0. The van der Waals surface area contributed by atoms with Crippen LogP contribution in [-0.2, 0) is 0 Å². The number of fused-ring (bicyclic) bond motifs is 3. The number of aromatic nitrogens is 2. The van der Waals surface area contributed by atoms with Crippen molar-refractivity contribution in [1.82, 2.24) is 9.97 Å². The van der Waals surface area contributed by atoms with Crippen LogP contribution >= 0.6 is 0 Å². The molecule has 2 aromatic heterocycles. The largest absolute Gasteiger partial charge is 0.265 e. The van der Waals surface area contributed by atoms with Crippen molar-refractivity contribution in [2.45, 2.75) is 38.0 Å². The van der Waals surface area contributed by atoms with Crippen molar-refractivity contribution in [2.75, 3.05) is 0 Å². The fourth-order valence-electron chi connectivity index (χ4n) is 7.79. The Morgan fingerprint density at radius 2 is 1.45 bits per heavy atom. The third kappa shape index (κ3) is 4.25. The highest BCUT2D eigenvalue weighted by atomic mass is 14.7. The lowest BCUT2D eigenvalue weighted by Gasteiger charge is -2.42. The quantitative estimate of drug-likeness (QED) is 0.211. The van der Waals surface area contributed by atoms with Gasteiger partial charge in [0.05, 0.1) is 5.69 Å². The Hall–Kier alpha value is -4.56. The first-order valence-corrected chi connectivity index (χ1v) is 15.4. The van der Waals surface area contributed by atoms with Crippen molar-refractivity contribution in [2.24, 2.45) is 11.8 Å². The number of benzene rings is 3. The number of pyridine rings is 2. The third-order valence-electron chi connectivity index (χ3n) is 9.65. The van der Waals surface area contributed by atoms with Crippen LogP contribution < -0.4 is 0 Å². The Labute approximate surface area is 248 Å². The average molecular weight is 543 g/mol. The second-order valence-electron chi connectivity index (χ2n) is 11.9. The lowest BCUT2D eigenvalue weighted by molar-refractivity contribution is 0.341. The molecule has 5 aromatic rings. The van der Waals surface area contributed by atoms with Gasteiger partial charge in [-0.25, -0.2) is 0 Å². The standard InChI is InChI=1S/C40H34N2/c1-2-10-28(11-3-1)39-34-12-4-6-14-36(34)40(37-15-7-5-13-35(37)39)33-19-9-17-31-30(16-8-18-32(31)33)29-20-21-38(42-26-29)27-22-24-41-25-23-27/h2,4,6-10,12,14-26,28,35,39H,1,3,5,11,13H2. The van der Waals surface area contributed by atoms with Crippen molar-refractivity contribution in [3.8, 4) is 22.4 Å². The van der Waals surface area contributed by atoms with Crippen LogP contribution in [0.3, 0.4) is 0 Å². The summed E-state index contributed by atoms with van der Waals surface area (Å²) in [5, 5.41) is 2.58. The number of allylic oxidation sites excluding steroid dienone is 5. The van der Waals surface area contributed by atoms with E-state index in [1.165, 1.54) is 76.3 Å². The minimum atomic E-state index is 0.552. The number of rotatable bonds is 4. The van der Waals surface area contributed by atoms with Gasteiger partial charge in [-0.3, -0.25) is 9.97 Å². The molecule has 3 atom stereocenters. The molecule has 2 nitrogen and oxygen atoms in total. The number of nitrogens with zero attached hydrogens (tertiary/aromatic N) is 2. The molecule has 0 saturated heterocycles. The number of hydrogen-bond donors (Lipinski definition) is 0. The molecule has 0 N–H and O–H groups in total. The molecule has 0 saturated carbocycles. The molecule has 2 heterocycles. The van der Waals surface area contributed by atoms with E-state index in [9.17, 15) is 0 Å². The van der Waals surface area contributed by atoms with Gasteiger partial charge in [-0.05, 0) is 112 Å². The van der Waals surface area contributed by atoms with Gasteiger partial charge < -0.3 is 0 Å². The molecule has 2 heteroatoms. The lowest BCUT2D eigenvalue weighted by atomic mass is 9.62. The first-order chi connectivity index (χ1) is 20.9. The first-order valence-electron chi connectivity index (χ1n) is 15.4. The van der Waals surface area contributed by atoms with E-state index >= 15 is 0 Å². The van der Waals surface area contributed by atoms with E-state index in [1.807, 2.05) is 30.7 Å². The predicted octanol–water partition coefficient (Wildman–Crippen LogP) is 10.2. The smallest absolute Gasteiger partial charge is 0.0703 e. The zero-order valence-corrected chi connectivity index (χ0v) is 23.8. The maximum atomic E-state index is 4.83. The molecule has 3 unspecified atom stereocenters. The SMILES string of the molecule is C1=CC(C2c3ccccc3C(c3cccc4c(-c5ccc(-c6ccncc6)nc5)cccc34)=C3C=CCCC32)CCC1. The van der Waals surface area contributed by atoms with Crippen molar-refractivity contribution < 1.29 is 0 Å². The molecule has 0 aliphatic heterocycles. The third-order valence-corrected chi connectivity index (χ3v) is 9.65. The molecule has 3 aliphatic carbocycles. The second kappa shape index (κ2) is 10.7. The van der Waals surface area contributed by atoms with Gasteiger partial charge in [0.15, 0.2) is 0 Å². The summed E-state index contributed by atoms with van der Waals surface area (Å²) >= 11 is 0. The molecule has 0 radical (unpaired) electrons. The molecule has 204 valence electrons. The van der Waals surface area contributed by atoms with E-state index in [1.54, 1.807) is 0 Å². The average Bonchev–Trinajstić information content (AvgIpc) is 3.07. The fourth-order valence-corrected chi connectivity index (χ4v) is 7.79. The summed E-state index contributed by atoms with van der Waals surface area (Å²) in [7, 11) is 0. The zero-order chi connectivity index (χ0) is 27.9. The highest BCUT2D eigenvalue weighted by Crippen LogP contribution is 2.54. The van der Waals surface area contributed by atoms with Crippen LogP contribution in [0.25, 0.3) is 38.7 Å². The van der Waals surface area contributed by atoms with Gasteiger partial charge in [0.2, 0.25) is 0 Å². The minimum Gasteiger partial charge on any atom is -0.265 e. The van der Waals surface area contributed by atoms with E-state index in [-0.39, 0.29) is 0 Å². The number of hydrogen-bond acceptors (Lipinski definition) is 2. The molecule has 3 aromatic carbocycles. The van der Waals surface area contributed by atoms with Crippen LogP contribution in [0, 0.1) is 11.8 Å². The fraction of sp³-hybridized carbons (Fsp3) is 0.200. The summed E-state index contributed by atoms with van der Waals surface area (Å²) in [5.74, 6) is 1.72. The Kier molecular flexibility index (Phi) is 6.41. The Balaban J connectivity index is 1.29. The van der Waals surface area contributed by atoms with Gasteiger partial charge in [0, 0.05) is 29.7 Å². The Morgan fingerprint density at radius 1 is 0.643 bits per heavy atom. The zero-order valence-electron chi connectivity index (χ0n) is 23.8. The summed E-state index contributed by atoms with van der Waals surface area (Å²) in [6, 6.07) is 31.2. The van der Waals surface area contributed by atoms with E-state index < -0.39 is 0 Å². The summed E-state index contributed by atoms with van der Waals surface area (Å²) in [6.07, 6.45) is 21.7. The monoisotopic (exact) mass is 542 g/mol. The van der Waals surface area contributed by atoms with Crippen LogP contribution in [-0.4, -0.2) is 9.97 Å². The normalized spacial score (nSPS) is 21.3. The molecule has 0 fully saturated rings. The summed E-state index contributed by atoms with van der Waals surface area (Å²) in [4.78, 5) is 8.97.